The summed E-state index contributed by atoms with van der Waals surface area (Å²) in [4.78, 5) is 81.2. The average Bonchev–Trinajstić information content (AvgIpc) is 0.832. The predicted octanol–water partition coefficient (Wildman–Crippen LogP) is 9.81. The summed E-state index contributed by atoms with van der Waals surface area (Å²) in [6.45, 7) is 2.72. The highest BCUT2D eigenvalue weighted by Crippen LogP contribution is 2.41. The highest BCUT2D eigenvalue weighted by molar-refractivity contribution is 9.10. The number of aliphatic hydroxyl groups is 2. The number of carbonyl (C=O) groups is 4. The molecule has 38 heteroatoms. The molecule has 0 aliphatic carbocycles. The minimum atomic E-state index is -1.82. The van der Waals surface area contributed by atoms with Gasteiger partial charge >= 0.3 is 23.9 Å². The Hall–Kier alpha value is -7.75. The van der Waals surface area contributed by atoms with Crippen LogP contribution in [0.2, 0.25) is 10.0 Å². The monoisotopic (exact) mass is 1640 g/mol. The van der Waals surface area contributed by atoms with Gasteiger partial charge in [-0.1, -0.05) is 57.3 Å². The minimum absolute atomic E-state index is 0.0264. The molecule has 3 saturated heterocycles. The van der Waals surface area contributed by atoms with Gasteiger partial charge in [0.05, 0.1) is 36.5 Å². The number of piperidine rings is 3. The van der Waals surface area contributed by atoms with E-state index in [9.17, 15) is 68.9 Å². The first-order valence-corrected chi connectivity index (χ1v) is 36.9. The second-order valence-corrected chi connectivity index (χ2v) is 28.5. The molecule has 3 fully saturated rings. The van der Waals surface area contributed by atoms with Crippen molar-refractivity contribution in [2.75, 3.05) is 85.3 Å². The number of nitrogens with zero attached hydrogens (tertiary/aromatic N) is 9. The van der Waals surface area contributed by atoms with Gasteiger partial charge in [-0.25, -0.2) is 73.6 Å². The predicted molar refractivity (Wildman–Crippen MR) is 380 cm³/mol. The number of carbonyl (C=O) groups excluding carboxylic acids is 3. The summed E-state index contributed by atoms with van der Waals surface area (Å²) >= 11 is 19.9. The van der Waals surface area contributed by atoms with E-state index in [1.165, 1.54) is 91.2 Å². The van der Waals surface area contributed by atoms with Crippen molar-refractivity contribution in [2.24, 2.45) is 15.0 Å². The van der Waals surface area contributed by atoms with Gasteiger partial charge in [-0.15, -0.1) is 34.0 Å². The number of amidine groups is 3. The quantitative estimate of drug-likeness (QED) is 0.0222. The van der Waals surface area contributed by atoms with Crippen molar-refractivity contribution >= 4 is 115 Å². The number of rotatable bonds is 21. The molecule has 6 aromatic rings. The number of benzene rings is 3. The van der Waals surface area contributed by atoms with Crippen molar-refractivity contribution in [1.29, 1.82) is 0 Å². The molecule has 9 atom stereocenters. The van der Waals surface area contributed by atoms with Gasteiger partial charge in [0.15, 0.2) is 32.5 Å². The lowest BCUT2D eigenvalue weighted by Crippen LogP contribution is -2.54. The van der Waals surface area contributed by atoms with Crippen molar-refractivity contribution in [3.8, 4) is 0 Å². The van der Waals surface area contributed by atoms with Gasteiger partial charge in [0.1, 0.15) is 97.5 Å². The maximum Gasteiger partial charge on any atom is 0.338 e. The lowest BCUT2D eigenvalue weighted by atomic mass is 9.94. The molecule has 568 valence electrons. The average molecular weight is 1650 g/mol. The van der Waals surface area contributed by atoms with E-state index < -0.39 is 121 Å². The van der Waals surface area contributed by atoms with Gasteiger partial charge in [0.25, 0.3) is 0 Å². The smallest absolute Gasteiger partial charge is 0.338 e. The number of carboxylic acids is 1. The Morgan fingerprint density at radius 3 is 1.11 bits per heavy atom. The molecule has 6 unspecified atom stereocenters. The first kappa shape index (κ1) is 80.8. The van der Waals surface area contributed by atoms with Crippen LogP contribution >= 0.6 is 73.1 Å². The zero-order chi connectivity index (χ0) is 76.2. The van der Waals surface area contributed by atoms with Crippen LogP contribution in [0.3, 0.4) is 0 Å². The minimum Gasteiger partial charge on any atom is -0.480 e. The van der Waals surface area contributed by atoms with Crippen LogP contribution < -0.4 is 16.0 Å². The maximum absolute atomic E-state index is 14.8. The second kappa shape index (κ2) is 36.9. The van der Waals surface area contributed by atoms with Crippen LogP contribution in [0.4, 0.5) is 39.5 Å². The lowest BCUT2D eigenvalue weighted by molar-refractivity contribution is -0.151. The number of carboxylic acid groups (broad SMARTS) is 1. The Bertz CT molecular complexity index is 4120. The topological polar surface area (TPSA) is 287 Å². The van der Waals surface area contributed by atoms with Gasteiger partial charge in [0, 0.05) is 136 Å². The fourth-order valence-corrected chi connectivity index (χ4v) is 15.0. The molecule has 6 N–H and O–H groups in total. The summed E-state index contributed by atoms with van der Waals surface area (Å²) in [6, 6.07) is 8.62. The van der Waals surface area contributed by atoms with E-state index in [2.05, 4.69) is 56.8 Å². The summed E-state index contributed by atoms with van der Waals surface area (Å²) in [5.41, 5.74) is 2.40. The third-order valence-electron chi connectivity index (χ3n) is 16.9. The summed E-state index contributed by atoms with van der Waals surface area (Å²) in [7, 11) is 0. The molecule has 9 heterocycles. The molecule has 12 rings (SSSR count). The largest absolute Gasteiger partial charge is 0.480 e. The van der Waals surface area contributed by atoms with E-state index in [4.69, 9.17) is 52.2 Å². The Labute approximate surface area is 630 Å². The third-order valence-corrected chi connectivity index (χ3v) is 20.6. The first-order chi connectivity index (χ1) is 50.7. The lowest BCUT2D eigenvalue weighted by Gasteiger charge is -2.38. The maximum atomic E-state index is 14.8. The highest BCUT2D eigenvalue weighted by Gasteiger charge is 2.44. The van der Waals surface area contributed by atoms with Crippen molar-refractivity contribution in [3.63, 3.8) is 0 Å². The van der Waals surface area contributed by atoms with Crippen LogP contribution in [0.5, 0.6) is 0 Å². The zero-order valence-electron chi connectivity index (χ0n) is 56.2. The molecule has 0 spiro atoms. The summed E-state index contributed by atoms with van der Waals surface area (Å²) in [5, 5.41) is 44.2. The summed E-state index contributed by atoms with van der Waals surface area (Å²) < 4.78 is 149. The van der Waals surface area contributed by atoms with Gasteiger partial charge in [-0.05, 0) is 62.7 Å². The number of halogens is 12. The molecular formula is C68H68BrCl2F9N12O11S3. The van der Waals surface area contributed by atoms with Crippen molar-refractivity contribution in [3.05, 3.63) is 187 Å². The summed E-state index contributed by atoms with van der Waals surface area (Å²) in [5.74, 6) is -4.01. The van der Waals surface area contributed by atoms with E-state index in [1.807, 2.05) is 0 Å². The van der Waals surface area contributed by atoms with Crippen LogP contribution in [0.25, 0.3) is 0 Å². The molecule has 23 nitrogen and oxygen atoms in total. The molecule has 0 saturated carbocycles. The fourth-order valence-electron chi connectivity index (χ4n) is 12.2. The Balaban J connectivity index is 0.000000170. The molecule has 106 heavy (non-hydrogen) atoms. The standard InChI is InChI=1S/C24H24ClF3N4O5S.C22H22BrF3N4O3S.C22H22ClF3N4O3S/c1-2-36-24(35)19-17(10-32-8-15(27)21(16(28)9-32)37-11-18(33)34)30-22(23-29-5-6-38-23)31-20(19)13-4-3-12(26)7-14(13)25;2*1-2-33-22(32)17-16(10-30-8-14(25)19(31)15(26)9-30)28-20(21-27-5-6-34-21)29-18(17)12-4-3-11(24)7-13(12)23/h3-7,15-16,20-21H,2,8-11H2,1H3,(H,30,31)(H,33,34);2*3-7,14-15,18-19,31H,2,8-10H2,1H3,(H,28,29)/t15?,16?,20-,21?;2*14?,15?,18-,19?/m000/s1. The second-order valence-electron chi connectivity index (χ2n) is 24.2. The van der Waals surface area contributed by atoms with E-state index in [0.29, 0.717) is 65.1 Å². The number of alkyl halides is 6. The number of aromatic nitrogens is 3. The van der Waals surface area contributed by atoms with Crippen LogP contribution in [0, 0.1) is 17.5 Å². The highest BCUT2D eigenvalue weighted by atomic mass is 79.9. The number of aliphatic carboxylic acids is 1. The number of ether oxygens (including phenoxy) is 4. The number of thiazole rings is 3. The molecule has 6 aliphatic rings. The Morgan fingerprint density at radius 2 is 0.821 bits per heavy atom. The van der Waals surface area contributed by atoms with Crippen molar-refractivity contribution < 1.29 is 93.0 Å². The molecule has 0 radical (unpaired) electrons. The van der Waals surface area contributed by atoms with Gasteiger partial charge < -0.3 is 50.2 Å². The Morgan fingerprint density at radius 1 is 0.509 bits per heavy atom. The molecule has 6 aliphatic heterocycles. The van der Waals surface area contributed by atoms with Gasteiger partial charge in [0.2, 0.25) is 0 Å². The van der Waals surface area contributed by atoms with Crippen LogP contribution in [0.1, 0.15) is 70.6 Å². The molecule has 3 aromatic carbocycles. The molecule has 0 amide bonds. The van der Waals surface area contributed by atoms with E-state index in [-0.39, 0.29) is 111 Å². The van der Waals surface area contributed by atoms with Gasteiger partial charge in [-0.3, -0.25) is 29.7 Å². The van der Waals surface area contributed by atoms with Crippen LogP contribution in [-0.4, -0.2) is 227 Å². The fraction of sp³-hybridized carbons (Fsp3) is 0.412. The third kappa shape index (κ3) is 19.8. The summed E-state index contributed by atoms with van der Waals surface area (Å²) in [6.07, 6.45) is -10.9. The number of hydrogen-bond acceptors (Lipinski definition) is 25. The number of aliphatic hydroxyl groups excluding tert-OH is 2. The molecular weight excluding hydrogens is 1580 g/mol. The number of esters is 3. The SMILES string of the molecule is CCOC(=O)C1=C(CN2CC(F)C(O)C(F)C2)NC(c2nccs2)=N[C@H]1c1ccc(F)cc1Br.CCOC(=O)C1=C(CN2CC(F)C(O)C(F)C2)NC(c2nccs2)=N[C@H]1c1ccc(F)cc1Cl.CCOC(=O)C1=C(CN2CC(F)C(OCC(=O)O)C(F)C2)NC(c2nccs2)=N[C@H]1c1ccc(F)cc1Cl. The van der Waals surface area contributed by atoms with E-state index in [1.54, 1.807) is 55.5 Å². The first-order valence-electron chi connectivity index (χ1n) is 32.7. The number of aliphatic imine (C=N–C) groups is 3. The number of hydrogen-bond donors (Lipinski definition) is 6. The Kier molecular flexibility index (Phi) is 28.1. The number of likely N-dealkylation sites (tertiary alicyclic amines) is 3. The van der Waals surface area contributed by atoms with Crippen LogP contribution in [0.15, 0.2) is 143 Å². The van der Waals surface area contributed by atoms with E-state index >= 15 is 0 Å². The van der Waals surface area contributed by atoms with Gasteiger partial charge in [-0.2, -0.15) is 0 Å². The number of nitrogens with one attached hydrogen (secondary N) is 3. The normalized spacial score (nSPS) is 25.1. The van der Waals surface area contributed by atoms with Crippen molar-refractivity contribution in [1.82, 2.24) is 45.6 Å². The molecule has 3 aromatic heterocycles. The molecule has 0 bridgehead atoms. The van der Waals surface area contributed by atoms with Crippen LogP contribution in [-0.2, 0) is 38.1 Å². The van der Waals surface area contributed by atoms with Crippen molar-refractivity contribution in [2.45, 2.75) is 94.2 Å². The van der Waals surface area contributed by atoms with E-state index in [0.717, 1.165) is 12.1 Å². The zero-order valence-corrected chi connectivity index (χ0v) is 61.7.